The molecule has 71 valence electrons. The van der Waals surface area contributed by atoms with E-state index in [1.165, 1.54) is 11.6 Å². The molecule has 2 aromatic carbocycles. The fourth-order valence-electron chi connectivity index (χ4n) is 1.63. The van der Waals surface area contributed by atoms with Crippen molar-refractivity contribution in [1.29, 1.82) is 0 Å². The van der Waals surface area contributed by atoms with E-state index >= 15 is 0 Å². The normalized spacial score (nSPS) is 10.7. The maximum absolute atomic E-state index is 12.9. The number of benzene rings is 2. The predicted molar refractivity (Wildman–Crippen MR) is 57.6 cm³/mol. The molecule has 0 amide bonds. The lowest BCUT2D eigenvalue weighted by atomic mass is 10.0. The fraction of sp³-hybridized carbons (Fsp3) is 0.154. The molecule has 2 rings (SSSR count). The molecule has 14 heavy (non-hydrogen) atoms. The molecule has 0 bridgehead atoms. The molecular weight excluding hydrogens is 175 g/mol. The van der Waals surface area contributed by atoms with Crippen LogP contribution in [0.1, 0.15) is 12.0 Å². The van der Waals surface area contributed by atoms with E-state index in [-0.39, 0.29) is 5.82 Å². The number of halogens is 1. The van der Waals surface area contributed by atoms with Crippen LogP contribution in [0, 0.1) is 12.7 Å². The Labute approximate surface area is 83.4 Å². The summed E-state index contributed by atoms with van der Waals surface area (Å²) in [5.74, 6) is -0.178. The first-order chi connectivity index (χ1) is 6.79. The van der Waals surface area contributed by atoms with E-state index in [0.29, 0.717) is 0 Å². The Bertz CT molecular complexity index is 446. The minimum absolute atomic E-state index is 0.178. The van der Waals surface area contributed by atoms with Crippen LogP contribution < -0.4 is 0 Å². The molecule has 0 nitrogen and oxygen atoms in total. The minimum Gasteiger partial charge on any atom is -0.207 e. The van der Waals surface area contributed by atoms with Crippen LogP contribution in [0.25, 0.3) is 10.8 Å². The Morgan fingerprint density at radius 3 is 2.50 bits per heavy atom. The van der Waals surface area contributed by atoms with Gasteiger partial charge in [-0.2, -0.15) is 0 Å². The molecular formula is C13H12F. The Kier molecular flexibility index (Phi) is 2.49. The number of hydrogen-bond donors (Lipinski definition) is 0. The highest BCUT2D eigenvalue weighted by Gasteiger charge is 1.97. The first-order valence-corrected chi connectivity index (χ1v) is 4.77. The molecule has 1 radical (unpaired) electrons. The van der Waals surface area contributed by atoms with Gasteiger partial charge in [-0.05, 0) is 41.3 Å². The third kappa shape index (κ3) is 1.77. The van der Waals surface area contributed by atoms with Crippen LogP contribution in [-0.2, 0) is 6.42 Å². The summed E-state index contributed by atoms with van der Waals surface area (Å²) >= 11 is 0. The molecule has 0 spiro atoms. The van der Waals surface area contributed by atoms with Crippen molar-refractivity contribution in [2.75, 3.05) is 0 Å². The summed E-state index contributed by atoms with van der Waals surface area (Å²) in [6.07, 6.45) is 1.88. The van der Waals surface area contributed by atoms with Crippen LogP contribution in [-0.4, -0.2) is 0 Å². The third-order valence-electron chi connectivity index (χ3n) is 2.33. The zero-order chi connectivity index (χ0) is 9.97. The summed E-state index contributed by atoms with van der Waals surface area (Å²) in [6.45, 7) is 3.82. The summed E-state index contributed by atoms with van der Waals surface area (Å²) in [5, 5.41) is 2.05. The third-order valence-corrected chi connectivity index (χ3v) is 2.33. The van der Waals surface area contributed by atoms with Crippen LogP contribution in [0.15, 0.2) is 36.4 Å². The van der Waals surface area contributed by atoms with E-state index in [0.717, 1.165) is 23.6 Å². The van der Waals surface area contributed by atoms with Crippen LogP contribution in [0.3, 0.4) is 0 Å². The van der Waals surface area contributed by atoms with Crippen molar-refractivity contribution in [3.8, 4) is 0 Å². The molecule has 1 heteroatoms. The van der Waals surface area contributed by atoms with Gasteiger partial charge in [0.1, 0.15) is 5.82 Å². The average Bonchev–Trinajstić information content (AvgIpc) is 2.19. The monoisotopic (exact) mass is 187 g/mol. The van der Waals surface area contributed by atoms with Gasteiger partial charge >= 0.3 is 0 Å². The first-order valence-electron chi connectivity index (χ1n) is 4.77. The summed E-state index contributed by atoms with van der Waals surface area (Å²) in [5.41, 5.74) is 1.26. The van der Waals surface area contributed by atoms with E-state index < -0.39 is 0 Å². The molecule has 0 unspecified atom stereocenters. The van der Waals surface area contributed by atoms with Crippen molar-refractivity contribution in [2.45, 2.75) is 12.8 Å². The van der Waals surface area contributed by atoms with Crippen LogP contribution in [0.2, 0.25) is 0 Å². The highest BCUT2D eigenvalue weighted by molar-refractivity contribution is 5.83. The first kappa shape index (κ1) is 9.20. The van der Waals surface area contributed by atoms with E-state index in [9.17, 15) is 4.39 Å². The molecule has 0 heterocycles. The maximum Gasteiger partial charge on any atom is 0.123 e. The lowest BCUT2D eigenvalue weighted by Gasteiger charge is -2.02. The van der Waals surface area contributed by atoms with Gasteiger partial charge in [-0.3, -0.25) is 0 Å². The minimum atomic E-state index is -0.178. The number of rotatable bonds is 2. The SMILES string of the molecule is [CH2]CCc1ccc2cc(F)ccc2c1. The summed E-state index contributed by atoms with van der Waals surface area (Å²) < 4.78 is 12.9. The Balaban J connectivity index is 2.50. The Morgan fingerprint density at radius 1 is 1.00 bits per heavy atom. The number of hydrogen-bond acceptors (Lipinski definition) is 0. The van der Waals surface area contributed by atoms with Crippen molar-refractivity contribution in [1.82, 2.24) is 0 Å². The van der Waals surface area contributed by atoms with Crippen molar-refractivity contribution in [2.24, 2.45) is 0 Å². The van der Waals surface area contributed by atoms with Gasteiger partial charge in [0, 0.05) is 0 Å². The van der Waals surface area contributed by atoms with Gasteiger partial charge in [-0.25, -0.2) is 4.39 Å². The van der Waals surface area contributed by atoms with Gasteiger partial charge in [0.2, 0.25) is 0 Å². The second-order valence-corrected chi connectivity index (χ2v) is 3.43. The molecule has 0 saturated heterocycles. The molecule has 0 saturated carbocycles. The smallest absolute Gasteiger partial charge is 0.123 e. The van der Waals surface area contributed by atoms with Crippen LogP contribution >= 0.6 is 0 Å². The second-order valence-electron chi connectivity index (χ2n) is 3.43. The Morgan fingerprint density at radius 2 is 1.71 bits per heavy atom. The van der Waals surface area contributed by atoms with Crippen molar-refractivity contribution < 1.29 is 4.39 Å². The quantitative estimate of drug-likeness (QED) is 0.671. The van der Waals surface area contributed by atoms with E-state index in [4.69, 9.17) is 0 Å². The van der Waals surface area contributed by atoms with Crippen molar-refractivity contribution in [3.05, 3.63) is 54.7 Å². The van der Waals surface area contributed by atoms with Gasteiger partial charge in [-0.15, -0.1) is 0 Å². The van der Waals surface area contributed by atoms with Gasteiger partial charge in [-0.1, -0.05) is 31.2 Å². The van der Waals surface area contributed by atoms with E-state index in [2.05, 4.69) is 13.0 Å². The molecule has 0 aromatic heterocycles. The van der Waals surface area contributed by atoms with Crippen LogP contribution in [0.4, 0.5) is 4.39 Å². The highest BCUT2D eigenvalue weighted by Crippen LogP contribution is 2.18. The molecule has 0 fully saturated rings. The number of aryl methyl sites for hydroxylation is 1. The van der Waals surface area contributed by atoms with Gasteiger partial charge in [0.05, 0.1) is 0 Å². The maximum atomic E-state index is 12.9. The molecule has 0 aliphatic rings. The topological polar surface area (TPSA) is 0 Å². The van der Waals surface area contributed by atoms with Crippen molar-refractivity contribution in [3.63, 3.8) is 0 Å². The standard InChI is InChI=1S/C13H12F/c1-2-3-10-4-5-12-9-13(14)7-6-11(12)8-10/h4-9H,1-3H2. The average molecular weight is 187 g/mol. The predicted octanol–water partition coefficient (Wildman–Crippen LogP) is 3.75. The molecule has 2 aromatic rings. The molecule has 0 aliphatic heterocycles. The number of fused-ring (bicyclic) bond motifs is 1. The zero-order valence-electron chi connectivity index (χ0n) is 7.96. The molecule has 0 atom stereocenters. The zero-order valence-corrected chi connectivity index (χ0v) is 7.96. The Hall–Kier alpha value is -1.37. The van der Waals surface area contributed by atoms with E-state index in [1.807, 2.05) is 18.2 Å². The van der Waals surface area contributed by atoms with Gasteiger partial charge in [0.15, 0.2) is 0 Å². The lowest BCUT2D eigenvalue weighted by Crippen LogP contribution is -1.83. The van der Waals surface area contributed by atoms with Crippen molar-refractivity contribution >= 4 is 10.8 Å². The molecule has 0 aliphatic carbocycles. The van der Waals surface area contributed by atoms with Crippen LogP contribution in [0.5, 0.6) is 0 Å². The molecule has 0 N–H and O–H groups in total. The van der Waals surface area contributed by atoms with E-state index in [1.54, 1.807) is 6.07 Å². The fourth-order valence-corrected chi connectivity index (χ4v) is 1.63. The lowest BCUT2D eigenvalue weighted by molar-refractivity contribution is 0.630. The summed E-state index contributed by atoms with van der Waals surface area (Å²) in [4.78, 5) is 0. The highest BCUT2D eigenvalue weighted by atomic mass is 19.1. The largest absolute Gasteiger partial charge is 0.207 e. The van der Waals surface area contributed by atoms with Gasteiger partial charge < -0.3 is 0 Å². The summed E-state index contributed by atoms with van der Waals surface area (Å²) in [6, 6.07) is 11.0. The van der Waals surface area contributed by atoms with Gasteiger partial charge in [0.25, 0.3) is 0 Å². The summed E-state index contributed by atoms with van der Waals surface area (Å²) in [7, 11) is 0. The second kappa shape index (κ2) is 3.79.